The number of aromatic nitrogens is 2. The van der Waals surface area contributed by atoms with E-state index in [-0.39, 0.29) is 6.61 Å². The molecule has 0 radical (unpaired) electrons. The van der Waals surface area contributed by atoms with Gasteiger partial charge in [0.15, 0.2) is 0 Å². The van der Waals surface area contributed by atoms with Gasteiger partial charge in [0.2, 0.25) is 0 Å². The standard InChI is InChI=1S/C10H17F2N5O/c1-2-8-15-9(5-10(16-8)17-13)14-3-4-18-6-7(11)12/h5,7H,2-4,6,13H2,1H3,(H2,14,15,16,17). The van der Waals surface area contributed by atoms with Crippen molar-refractivity contribution in [1.82, 2.24) is 9.97 Å². The molecular formula is C10H17F2N5O. The van der Waals surface area contributed by atoms with E-state index in [1.54, 1.807) is 6.07 Å². The highest BCUT2D eigenvalue weighted by molar-refractivity contribution is 5.46. The number of rotatable bonds is 8. The zero-order valence-electron chi connectivity index (χ0n) is 10.1. The highest BCUT2D eigenvalue weighted by atomic mass is 19.3. The Morgan fingerprint density at radius 2 is 2.11 bits per heavy atom. The lowest BCUT2D eigenvalue weighted by molar-refractivity contribution is 0.0215. The van der Waals surface area contributed by atoms with Gasteiger partial charge in [0, 0.05) is 19.0 Å². The van der Waals surface area contributed by atoms with E-state index in [4.69, 9.17) is 10.6 Å². The van der Waals surface area contributed by atoms with Gasteiger partial charge in [-0.2, -0.15) is 0 Å². The van der Waals surface area contributed by atoms with E-state index in [9.17, 15) is 8.78 Å². The first kappa shape index (κ1) is 14.5. The summed E-state index contributed by atoms with van der Waals surface area (Å²) in [6.07, 6.45) is -1.77. The molecule has 0 saturated carbocycles. The molecule has 0 aromatic carbocycles. The smallest absolute Gasteiger partial charge is 0.261 e. The number of ether oxygens (including phenoxy) is 1. The molecule has 0 aliphatic rings. The van der Waals surface area contributed by atoms with Crippen LogP contribution in [0.15, 0.2) is 6.07 Å². The number of hydrazine groups is 1. The number of aryl methyl sites for hydroxylation is 1. The SMILES string of the molecule is CCc1nc(NN)cc(NCCOCC(F)F)n1. The monoisotopic (exact) mass is 261 g/mol. The number of nitrogens with one attached hydrogen (secondary N) is 2. The summed E-state index contributed by atoms with van der Waals surface area (Å²) in [5.41, 5.74) is 2.44. The molecule has 1 rings (SSSR count). The maximum absolute atomic E-state index is 11.8. The van der Waals surface area contributed by atoms with E-state index >= 15 is 0 Å². The molecule has 0 aliphatic heterocycles. The van der Waals surface area contributed by atoms with Gasteiger partial charge in [0.1, 0.15) is 24.1 Å². The average Bonchev–Trinajstić information content (AvgIpc) is 2.37. The highest BCUT2D eigenvalue weighted by Gasteiger charge is 2.03. The minimum Gasteiger partial charge on any atom is -0.374 e. The lowest BCUT2D eigenvalue weighted by Crippen LogP contribution is -2.15. The summed E-state index contributed by atoms with van der Waals surface area (Å²) in [6, 6.07) is 1.63. The summed E-state index contributed by atoms with van der Waals surface area (Å²) in [5, 5.41) is 2.95. The lowest BCUT2D eigenvalue weighted by Gasteiger charge is -2.09. The quantitative estimate of drug-likeness (QED) is 0.368. The zero-order chi connectivity index (χ0) is 13.4. The second-order valence-electron chi connectivity index (χ2n) is 3.45. The van der Waals surface area contributed by atoms with Crippen molar-refractivity contribution in [2.45, 2.75) is 19.8 Å². The fourth-order valence-corrected chi connectivity index (χ4v) is 1.24. The van der Waals surface area contributed by atoms with Crippen molar-refractivity contribution in [3.05, 3.63) is 11.9 Å². The topological polar surface area (TPSA) is 85.1 Å². The average molecular weight is 261 g/mol. The van der Waals surface area contributed by atoms with Crippen LogP contribution in [0.2, 0.25) is 0 Å². The number of hydrogen-bond donors (Lipinski definition) is 3. The number of alkyl halides is 2. The van der Waals surface area contributed by atoms with Crippen LogP contribution < -0.4 is 16.6 Å². The number of nitrogen functional groups attached to an aromatic ring is 1. The van der Waals surface area contributed by atoms with Gasteiger partial charge in [-0.25, -0.2) is 24.6 Å². The summed E-state index contributed by atoms with van der Waals surface area (Å²) >= 11 is 0. The van der Waals surface area contributed by atoms with Crippen LogP contribution in [0.1, 0.15) is 12.7 Å². The molecule has 6 nitrogen and oxygen atoms in total. The van der Waals surface area contributed by atoms with E-state index in [1.807, 2.05) is 6.92 Å². The van der Waals surface area contributed by atoms with Gasteiger partial charge in [-0.1, -0.05) is 6.92 Å². The second kappa shape index (κ2) is 7.72. The van der Waals surface area contributed by atoms with Crippen molar-refractivity contribution < 1.29 is 13.5 Å². The number of nitrogens with two attached hydrogens (primary N) is 1. The number of anilines is 2. The molecular weight excluding hydrogens is 244 g/mol. The van der Waals surface area contributed by atoms with Crippen LogP contribution in [0, 0.1) is 0 Å². The van der Waals surface area contributed by atoms with Gasteiger partial charge < -0.3 is 15.5 Å². The minimum atomic E-state index is -2.44. The Balaban J connectivity index is 2.41. The molecule has 102 valence electrons. The largest absolute Gasteiger partial charge is 0.374 e. The molecule has 1 aromatic rings. The van der Waals surface area contributed by atoms with Gasteiger partial charge in [-0.05, 0) is 0 Å². The third-order valence-corrected chi connectivity index (χ3v) is 2.03. The van der Waals surface area contributed by atoms with Crippen LogP contribution in [0.3, 0.4) is 0 Å². The van der Waals surface area contributed by atoms with Gasteiger partial charge in [-0.15, -0.1) is 0 Å². The molecule has 0 unspecified atom stereocenters. The minimum absolute atomic E-state index is 0.182. The van der Waals surface area contributed by atoms with Crippen molar-refractivity contribution in [2.75, 3.05) is 30.5 Å². The lowest BCUT2D eigenvalue weighted by atomic mass is 10.4. The zero-order valence-corrected chi connectivity index (χ0v) is 10.1. The fourth-order valence-electron chi connectivity index (χ4n) is 1.24. The van der Waals surface area contributed by atoms with Crippen molar-refractivity contribution in [3.8, 4) is 0 Å². The summed E-state index contributed by atoms with van der Waals surface area (Å²) in [4.78, 5) is 8.33. The van der Waals surface area contributed by atoms with E-state index < -0.39 is 13.0 Å². The molecule has 18 heavy (non-hydrogen) atoms. The van der Waals surface area contributed by atoms with Crippen molar-refractivity contribution in [3.63, 3.8) is 0 Å². The van der Waals surface area contributed by atoms with Gasteiger partial charge in [0.25, 0.3) is 6.43 Å². The van der Waals surface area contributed by atoms with E-state index in [1.165, 1.54) is 0 Å². The predicted molar refractivity (Wildman–Crippen MR) is 64.5 cm³/mol. The van der Waals surface area contributed by atoms with Crippen LogP contribution >= 0.6 is 0 Å². The van der Waals surface area contributed by atoms with Gasteiger partial charge in [-0.3, -0.25) is 0 Å². The Morgan fingerprint density at radius 1 is 1.39 bits per heavy atom. The second-order valence-corrected chi connectivity index (χ2v) is 3.45. The van der Waals surface area contributed by atoms with E-state index in [0.717, 1.165) is 0 Å². The molecule has 0 bridgehead atoms. The van der Waals surface area contributed by atoms with Crippen molar-refractivity contribution in [2.24, 2.45) is 5.84 Å². The molecule has 0 amide bonds. The van der Waals surface area contributed by atoms with E-state index in [2.05, 4.69) is 20.7 Å². The van der Waals surface area contributed by atoms with Gasteiger partial charge in [0.05, 0.1) is 6.61 Å². The first-order valence-electron chi connectivity index (χ1n) is 5.60. The van der Waals surface area contributed by atoms with Crippen LogP contribution in [0.25, 0.3) is 0 Å². The van der Waals surface area contributed by atoms with E-state index in [0.29, 0.717) is 30.4 Å². The summed E-state index contributed by atoms with van der Waals surface area (Å²) in [7, 11) is 0. The molecule has 0 saturated heterocycles. The first-order valence-corrected chi connectivity index (χ1v) is 5.60. The summed E-state index contributed by atoms with van der Waals surface area (Å²) in [6.45, 7) is 1.94. The third kappa shape index (κ3) is 5.19. The first-order chi connectivity index (χ1) is 8.65. The number of halogens is 2. The van der Waals surface area contributed by atoms with Crippen LogP contribution in [-0.2, 0) is 11.2 Å². The summed E-state index contributed by atoms with van der Waals surface area (Å²) < 4.78 is 28.3. The number of hydrogen-bond acceptors (Lipinski definition) is 6. The third-order valence-electron chi connectivity index (χ3n) is 2.03. The maximum atomic E-state index is 11.8. The van der Waals surface area contributed by atoms with Crippen LogP contribution in [0.5, 0.6) is 0 Å². The van der Waals surface area contributed by atoms with Gasteiger partial charge >= 0.3 is 0 Å². The van der Waals surface area contributed by atoms with Crippen molar-refractivity contribution in [1.29, 1.82) is 0 Å². The Bertz CT molecular complexity index is 342. The van der Waals surface area contributed by atoms with Crippen LogP contribution in [-0.4, -0.2) is 36.2 Å². The molecule has 0 atom stereocenters. The molecule has 0 spiro atoms. The molecule has 0 fully saturated rings. The molecule has 0 aliphatic carbocycles. The Hall–Kier alpha value is -1.54. The molecule has 4 N–H and O–H groups in total. The fraction of sp³-hybridized carbons (Fsp3) is 0.600. The van der Waals surface area contributed by atoms with Crippen molar-refractivity contribution >= 4 is 11.6 Å². The maximum Gasteiger partial charge on any atom is 0.261 e. The normalized spacial score (nSPS) is 10.7. The van der Waals surface area contributed by atoms with Crippen LogP contribution in [0.4, 0.5) is 20.4 Å². The molecule has 1 heterocycles. The Kier molecular flexibility index (Phi) is 6.23. The number of nitrogens with zero attached hydrogens (tertiary/aromatic N) is 2. The Labute approximate surface area is 104 Å². The highest BCUT2D eigenvalue weighted by Crippen LogP contribution is 2.10. The predicted octanol–water partition coefficient (Wildman–Crippen LogP) is 1.02. The molecule has 1 aromatic heterocycles. The Morgan fingerprint density at radius 3 is 2.72 bits per heavy atom. The summed E-state index contributed by atoms with van der Waals surface area (Å²) in [5.74, 6) is 6.99. The molecule has 8 heteroatoms.